The molecule has 0 aromatic carbocycles. The number of fused-ring (bicyclic) bond motifs is 2. The molecule has 5 heteroatoms. The van der Waals surface area contributed by atoms with Crippen LogP contribution in [-0.4, -0.2) is 23.6 Å². The van der Waals surface area contributed by atoms with Crippen molar-refractivity contribution in [1.29, 1.82) is 0 Å². The van der Waals surface area contributed by atoms with Gasteiger partial charge in [0.1, 0.15) is 0 Å². The van der Waals surface area contributed by atoms with Crippen LogP contribution < -0.4 is 0 Å². The summed E-state index contributed by atoms with van der Waals surface area (Å²) in [5, 5.41) is 0. The van der Waals surface area contributed by atoms with E-state index in [4.69, 9.17) is 19.2 Å². The minimum Gasteiger partial charge on any atom is -0.432 e. The molecular weight excluding hydrogens is 260 g/mol. The Labute approximate surface area is 118 Å². The SMILES string of the molecule is C[C@@H]1CC[C@@H]2[C@@H](C)C(=O)O[C@@H]3OC4(C)CC[C@@H]1[C@]32OO4. The van der Waals surface area contributed by atoms with Crippen LogP contribution >= 0.6 is 0 Å². The molecule has 1 saturated carbocycles. The van der Waals surface area contributed by atoms with Crippen LogP contribution in [0.1, 0.15) is 46.5 Å². The molecule has 0 amide bonds. The van der Waals surface area contributed by atoms with Crippen molar-refractivity contribution in [2.75, 3.05) is 0 Å². The standard InChI is InChI=1S/C15H22O5/c1-8-4-5-11-9(2)12(16)17-13-15(11)10(8)6-7-14(3,18-13)19-20-15/h8-11,13H,4-7H2,1-3H3/t8-,9-,10+,11-,13-,14?,15-/m1/s1. The first-order valence-electron chi connectivity index (χ1n) is 7.71. The molecule has 5 nitrogen and oxygen atoms in total. The van der Waals surface area contributed by atoms with Gasteiger partial charge in [0.05, 0.1) is 5.92 Å². The van der Waals surface area contributed by atoms with Crippen molar-refractivity contribution in [3.63, 3.8) is 0 Å². The minimum atomic E-state index is -0.793. The molecule has 5 aliphatic rings. The Morgan fingerprint density at radius 1 is 1.10 bits per heavy atom. The van der Waals surface area contributed by atoms with Crippen LogP contribution in [0.5, 0.6) is 0 Å². The molecule has 20 heavy (non-hydrogen) atoms. The third-order valence-corrected chi connectivity index (χ3v) is 5.97. The lowest BCUT2D eigenvalue weighted by molar-refractivity contribution is -0.559. The lowest BCUT2D eigenvalue weighted by atomic mass is 9.58. The molecule has 5 fully saturated rings. The largest absolute Gasteiger partial charge is 0.432 e. The van der Waals surface area contributed by atoms with Crippen molar-refractivity contribution in [2.24, 2.45) is 23.7 Å². The van der Waals surface area contributed by atoms with Crippen molar-refractivity contribution >= 4 is 5.97 Å². The molecule has 1 aliphatic carbocycles. The maximum atomic E-state index is 12.1. The van der Waals surface area contributed by atoms with Crippen molar-refractivity contribution in [3.05, 3.63) is 0 Å². The summed E-state index contributed by atoms with van der Waals surface area (Å²) in [5.74, 6) is -0.137. The third-order valence-electron chi connectivity index (χ3n) is 5.97. The normalized spacial score (nSPS) is 57.8. The van der Waals surface area contributed by atoms with E-state index in [0.29, 0.717) is 11.8 Å². The summed E-state index contributed by atoms with van der Waals surface area (Å²) in [6, 6.07) is 0. The highest BCUT2D eigenvalue weighted by molar-refractivity contribution is 5.74. The molecule has 0 aromatic heterocycles. The first-order chi connectivity index (χ1) is 9.46. The second kappa shape index (κ2) is 3.96. The smallest absolute Gasteiger partial charge is 0.311 e. The van der Waals surface area contributed by atoms with Crippen molar-refractivity contribution in [1.82, 2.24) is 0 Å². The van der Waals surface area contributed by atoms with E-state index in [1.807, 2.05) is 13.8 Å². The maximum Gasteiger partial charge on any atom is 0.311 e. The van der Waals surface area contributed by atoms with Gasteiger partial charge in [-0.15, -0.1) is 0 Å². The van der Waals surface area contributed by atoms with E-state index in [-0.39, 0.29) is 17.8 Å². The number of carbonyl (C=O) groups is 1. The van der Waals surface area contributed by atoms with Crippen LogP contribution in [-0.2, 0) is 24.0 Å². The average Bonchev–Trinajstić information content (AvgIpc) is 2.63. The molecule has 4 aliphatic heterocycles. The number of hydrogen-bond donors (Lipinski definition) is 0. The zero-order valence-corrected chi connectivity index (χ0v) is 12.3. The number of ether oxygens (including phenoxy) is 2. The highest BCUT2D eigenvalue weighted by Crippen LogP contribution is 2.59. The first kappa shape index (κ1) is 13.0. The molecule has 0 aromatic rings. The lowest BCUT2D eigenvalue weighted by Crippen LogP contribution is -2.69. The van der Waals surface area contributed by atoms with E-state index in [2.05, 4.69) is 6.92 Å². The summed E-state index contributed by atoms with van der Waals surface area (Å²) < 4.78 is 11.6. The fraction of sp³-hybridized carbons (Fsp3) is 0.933. The Hall–Kier alpha value is -0.650. The van der Waals surface area contributed by atoms with Gasteiger partial charge in [0.2, 0.25) is 12.1 Å². The van der Waals surface area contributed by atoms with Crippen molar-refractivity contribution < 1.29 is 24.0 Å². The second-order valence-electron chi connectivity index (χ2n) is 7.14. The van der Waals surface area contributed by atoms with E-state index in [1.54, 1.807) is 0 Å². The molecular formula is C15H22O5. The second-order valence-corrected chi connectivity index (χ2v) is 7.14. The van der Waals surface area contributed by atoms with Crippen LogP contribution in [0, 0.1) is 23.7 Å². The summed E-state index contributed by atoms with van der Waals surface area (Å²) in [6.45, 7) is 6.06. The van der Waals surface area contributed by atoms with Crippen LogP contribution in [0.2, 0.25) is 0 Å². The molecule has 0 radical (unpaired) electrons. The quantitative estimate of drug-likeness (QED) is 0.504. The topological polar surface area (TPSA) is 54.0 Å². The van der Waals surface area contributed by atoms with E-state index < -0.39 is 17.7 Å². The van der Waals surface area contributed by atoms with Crippen molar-refractivity contribution in [2.45, 2.75) is 64.1 Å². The average molecular weight is 282 g/mol. The van der Waals surface area contributed by atoms with E-state index in [1.165, 1.54) is 0 Å². The van der Waals surface area contributed by atoms with E-state index in [9.17, 15) is 4.79 Å². The molecule has 1 unspecified atom stereocenters. The highest BCUT2D eigenvalue weighted by atomic mass is 17.3. The molecule has 4 saturated heterocycles. The van der Waals surface area contributed by atoms with Gasteiger partial charge < -0.3 is 9.47 Å². The monoisotopic (exact) mass is 282 g/mol. The van der Waals surface area contributed by atoms with Crippen LogP contribution in [0.3, 0.4) is 0 Å². The predicted octanol–water partition coefficient (Wildman–Crippen LogP) is 2.39. The summed E-state index contributed by atoms with van der Waals surface area (Å²) in [5.41, 5.74) is -0.610. The minimum absolute atomic E-state index is 0.123. The highest BCUT2D eigenvalue weighted by Gasteiger charge is 2.69. The molecule has 7 atom stereocenters. The Kier molecular flexibility index (Phi) is 2.58. The molecule has 0 N–H and O–H groups in total. The first-order valence-corrected chi connectivity index (χ1v) is 7.71. The fourth-order valence-electron chi connectivity index (χ4n) is 4.76. The molecule has 1 spiro atoms. The van der Waals surface area contributed by atoms with Gasteiger partial charge in [-0.2, -0.15) is 0 Å². The molecule has 2 bridgehead atoms. The number of carbonyl (C=O) groups excluding carboxylic acids is 1. The van der Waals surface area contributed by atoms with Gasteiger partial charge in [0.25, 0.3) is 0 Å². The zero-order chi connectivity index (χ0) is 14.1. The lowest BCUT2D eigenvalue weighted by Gasteiger charge is -2.57. The fourth-order valence-corrected chi connectivity index (χ4v) is 4.76. The number of rotatable bonds is 0. The predicted molar refractivity (Wildman–Crippen MR) is 68.0 cm³/mol. The van der Waals surface area contributed by atoms with Crippen LogP contribution in [0.4, 0.5) is 0 Å². The van der Waals surface area contributed by atoms with Gasteiger partial charge in [-0.1, -0.05) is 13.8 Å². The van der Waals surface area contributed by atoms with Crippen molar-refractivity contribution in [3.8, 4) is 0 Å². The Bertz CT molecular complexity index is 452. The summed E-state index contributed by atoms with van der Waals surface area (Å²) in [7, 11) is 0. The van der Waals surface area contributed by atoms with Gasteiger partial charge >= 0.3 is 5.97 Å². The van der Waals surface area contributed by atoms with E-state index in [0.717, 1.165) is 25.7 Å². The summed E-state index contributed by atoms with van der Waals surface area (Å²) >= 11 is 0. The Morgan fingerprint density at radius 3 is 2.70 bits per heavy atom. The Morgan fingerprint density at radius 2 is 1.90 bits per heavy atom. The maximum absolute atomic E-state index is 12.1. The van der Waals surface area contributed by atoms with Gasteiger partial charge in [-0.05, 0) is 32.1 Å². The third kappa shape index (κ3) is 1.46. The zero-order valence-electron chi connectivity index (χ0n) is 12.3. The summed E-state index contributed by atoms with van der Waals surface area (Å²) in [6.07, 6.45) is 3.24. The molecule has 112 valence electrons. The van der Waals surface area contributed by atoms with Gasteiger partial charge in [0, 0.05) is 18.3 Å². The molecule has 5 rings (SSSR count). The van der Waals surface area contributed by atoms with Gasteiger partial charge in [0.15, 0.2) is 5.60 Å². The van der Waals surface area contributed by atoms with E-state index >= 15 is 0 Å². The number of esters is 1. The van der Waals surface area contributed by atoms with Gasteiger partial charge in [-0.3, -0.25) is 4.79 Å². The van der Waals surface area contributed by atoms with Gasteiger partial charge in [-0.25, -0.2) is 9.78 Å². The molecule has 4 heterocycles. The Balaban J connectivity index is 1.84. The number of hydrogen-bond acceptors (Lipinski definition) is 5. The summed E-state index contributed by atoms with van der Waals surface area (Å²) in [4.78, 5) is 23.7. The van der Waals surface area contributed by atoms with Crippen LogP contribution in [0.15, 0.2) is 0 Å². The van der Waals surface area contributed by atoms with Crippen LogP contribution in [0.25, 0.3) is 0 Å².